The van der Waals surface area contributed by atoms with Crippen LogP contribution in [0.2, 0.25) is 0 Å². The molecule has 0 aliphatic carbocycles. The minimum atomic E-state index is -1.95. The fourth-order valence-electron chi connectivity index (χ4n) is 2.91. The lowest BCUT2D eigenvalue weighted by Crippen LogP contribution is -2.58. The van der Waals surface area contributed by atoms with Gasteiger partial charge in [0, 0.05) is 35.3 Å². The van der Waals surface area contributed by atoms with Crippen LogP contribution in [0.25, 0.3) is 0 Å². The molecule has 4 nitrogen and oxygen atoms in total. The fourth-order valence-corrected chi connectivity index (χ4v) is 3.26. The first-order valence-corrected chi connectivity index (χ1v) is 7.11. The highest BCUT2D eigenvalue weighted by Crippen LogP contribution is 2.47. The Bertz CT molecular complexity index is 539. The summed E-state index contributed by atoms with van der Waals surface area (Å²) < 4.78 is 21.1. The van der Waals surface area contributed by atoms with Crippen molar-refractivity contribution in [3.63, 3.8) is 0 Å². The normalized spacial score (nSPS) is 29.9. The van der Waals surface area contributed by atoms with Gasteiger partial charge in [-0.3, -0.25) is 9.69 Å². The Kier molecular flexibility index (Phi) is 3.09. The van der Waals surface area contributed by atoms with E-state index in [1.54, 1.807) is 6.20 Å². The second kappa shape index (κ2) is 4.52. The second-order valence-corrected chi connectivity index (χ2v) is 5.79. The van der Waals surface area contributed by atoms with E-state index in [0.29, 0.717) is 25.4 Å². The highest BCUT2D eigenvalue weighted by Gasteiger charge is 2.55. The number of nitrogens with zero attached hydrogens (tertiary/aromatic N) is 2. The van der Waals surface area contributed by atoms with Gasteiger partial charge in [0.15, 0.2) is 0 Å². The first-order chi connectivity index (χ1) is 9.08. The number of ether oxygens (including phenoxy) is 1. The van der Waals surface area contributed by atoms with E-state index in [1.165, 1.54) is 4.90 Å². The van der Waals surface area contributed by atoms with E-state index in [2.05, 4.69) is 20.9 Å². The van der Waals surface area contributed by atoms with Crippen LogP contribution < -0.4 is 4.90 Å². The minimum absolute atomic E-state index is 0.168. The number of carbonyl (C=O) groups is 1. The van der Waals surface area contributed by atoms with Crippen LogP contribution >= 0.6 is 15.9 Å². The van der Waals surface area contributed by atoms with Crippen LogP contribution in [0.5, 0.6) is 0 Å². The molecule has 0 saturated carbocycles. The topological polar surface area (TPSA) is 42.4 Å². The fraction of sp³-hybridized carbons (Fsp3) is 0.538. The summed E-state index contributed by atoms with van der Waals surface area (Å²) in [5.41, 5.74) is -1.16. The van der Waals surface area contributed by atoms with Gasteiger partial charge in [-0.05, 0) is 35.3 Å². The second-order valence-electron chi connectivity index (χ2n) is 4.87. The maximum atomic E-state index is 15.1. The molecule has 102 valence electrons. The lowest BCUT2D eigenvalue weighted by molar-refractivity contribution is -0.143. The van der Waals surface area contributed by atoms with Gasteiger partial charge < -0.3 is 4.74 Å². The molecule has 3 heterocycles. The van der Waals surface area contributed by atoms with E-state index in [-0.39, 0.29) is 6.61 Å². The number of carbonyl (C=O) groups excluding carboxylic acids is 1. The molecule has 1 aromatic rings. The Morgan fingerprint density at radius 3 is 3.21 bits per heavy atom. The lowest BCUT2D eigenvalue weighted by Gasteiger charge is -2.44. The number of alkyl halides is 1. The molecular weight excluding hydrogens is 315 g/mol. The molecule has 2 aliphatic rings. The summed E-state index contributed by atoms with van der Waals surface area (Å²) >= 11 is 3.36. The van der Waals surface area contributed by atoms with E-state index >= 15 is 4.39 Å². The average Bonchev–Trinajstić information content (AvgIpc) is 2.40. The summed E-state index contributed by atoms with van der Waals surface area (Å²) in [6.07, 6.45) is 2.14. The van der Waals surface area contributed by atoms with Gasteiger partial charge >= 0.3 is 0 Å². The van der Waals surface area contributed by atoms with Crippen LogP contribution in [0, 0.1) is 0 Å². The van der Waals surface area contributed by atoms with Crippen LogP contribution in [0.3, 0.4) is 0 Å². The Balaban J connectivity index is 2.19. The highest BCUT2D eigenvalue weighted by atomic mass is 79.9. The molecule has 0 radical (unpaired) electrons. The summed E-state index contributed by atoms with van der Waals surface area (Å²) in [5, 5.41) is 0. The van der Waals surface area contributed by atoms with Crippen LogP contribution in [0.4, 0.5) is 10.2 Å². The standard InChI is InChI=1S/C13H14BrFN2O2/c1-2-17-11-9(5-8(14)6-16-11)10-3-4-19-7-13(10,15)12(17)18/h5-6,10H,2-4,7H2,1H3/t10-,13?/m1/s1. The van der Waals surface area contributed by atoms with Crippen LogP contribution in [-0.2, 0) is 9.53 Å². The summed E-state index contributed by atoms with van der Waals surface area (Å²) in [5.74, 6) is -0.408. The number of hydrogen-bond acceptors (Lipinski definition) is 3. The van der Waals surface area contributed by atoms with Crippen LogP contribution in [-0.4, -0.2) is 36.3 Å². The minimum Gasteiger partial charge on any atom is -0.378 e. The predicted molar refractivity (Wildman–Crippen MR) is 72.0 cm³/mol. The van der Waals surface area contributed by atoms with Crippen LogP contribution in [0.15, 0.2) is 16.7 Å². The molecule has 0 spiro atoms. The zero-order valence-electron chi connectivity index (χ0n) is 10.5. The summed E-state index contributed by atoms with van der Waals surface area (Å²) in [6.45, 7) is 2.53. The maximum Gasteiger partial charge on any atom is 0.268 e. The third-order valence-electron chi connectivity index (χ3n) is 3.83. The third kappa shape index (κ3) is 1.80. The number of anilines is 1. The first-order valence-electron chi connectivity index (χ1n) is 6.32. The summed E-state index contributed by atoms with van der Waals surface area (Å²) in [7, 11) is 0. The van der Waals surface area contributed by atoms with Gasteiger partial charge in [-0.2, -0.15) is 0 Å². The zero-order chi connectivity index (χ0) is 13.6. The van der Waals surface area contributed by atoms with E-state index in [4.69, 9.17) is 4.74 Å². The number of hydrogen-bond donors (Lipinski definition) is 0. The van der Waals surface area contributed by atoms with Crippen molar-refractivity contribution in [2.24, 2.45) is 0 Å². The maximum absolute atomic E-state index is 15.1. The molecule has 19 heavy (non-hydrogen) atoms. The van der Waals surface area contributed by atoms with Crippen molar-refractivity contribution in [2.75, 3.05) is 24.7 Å². The van der Waals surface area contributed by atoms with Gasteiger partial charge in [0.05, 0.1) is 6.61 Å². The van der Waals surface area contributed by atoms with Crippen molar-refractivity contribution in [3.8, 4) is 0 Å². The molecule has 2 atom stereocenters. The van der Waals surface area contributed by atoms with Crippen molar-refractivity contribution in [2.45, 2.75) is 24.9 Å². The highest BCUT2D eigenvalue weighted by molar-refractivity contribution is 9.10. The molecule has 3 rings (SSSR count). The van der Waals surface area contributed by atoms with Gasteiger partial charge in [0.2, 0.25) is 5.67 Å². The van der Waals surface area contributed by atoms with E-state index in [9.17, 15) is 4.79 Å². The Hall–Kier alpha value is -1.01. The number of pyridine rings is 1. The molecule has 1 unspecified atom stereocenters. The van der Waals surface area contributed by atoms with E-state index in [0.717, 1.165) is 10.0 Å². The quantitative estimate of drug-likeness (QED) is 0.795. The van der Waals surface area contributed by atoms with Crippen molar-refractivity contribution in [1.82, 2.24) is 4.98 Å². The van der Waals surface area contributed by atoms with E-state index < -0.39 is 17.5 Å². The molecule has 0 aromatic carbocycles. The number of fused-ring (bicyclic) bond motifs is 3. The largest absolute Gasteiger partial charge is 0.378 e. The number of amides is 1. The molecule has 1 amide bonds. The number of rotatable bonds is 1. The Morgan fingerprint density at radius 1 is 1.68 bits per heavy atom. The summed E-state index contributed by atoms with van der Waals surface area (Å²) in [6, 6.07) is 1.86. The average molecular weight is 329 g/mol. The van der Waals surface area contributed by atoms with Gasteiger partial charge in [-0.1, -0.05) is 0 Å². The molecule has 1 aromatic heterocycles. The predicted octanol–water partition coefficient (Wildman–Crippen LogP) is 2.42. The van der Waals surface area contributed by atoms with Gasteiger partial charge in [-0.15, -0.1) is 0 Å². The van der Waals surface area contributed by atoms with Gasteiger partial charge in [-0.25, -0.2) is 9.37 Å². The molecule has 2 aliphatic heterocycles. The number of aromatic nitrogens is 1. The molecular formula is C13H14BrFN2O2. The third-order valence-corrected chi connectivity index (χ3v) is 4.26. The van der Waals surface area contributed by atoms with Crippen molar-refractivity contribution >= 4 is 27.7 Å². The molecule has 0 N–H and O–H groups in total. The number of halogens is 2. The van der Waals surface area contributed by atoms with Gasteiger partial charge in [0.1, 0.15) is 5.82 Å². The molecule has 0 bridgehead atoms. The first kappa shape index (κ1) is 13.0. The van der Waals surface area contributed by atoms with Crippen LogP contribution in [0.1, 0.15) is 24.8 Å². The van der Waals surface area contributed by atoms with Gasteiger partial charge in [0.25, 0.3) is 5.91 Å². The monoisotopic (exact) mass is 328 g/mol. The molecule has 1 fully saturated rings. The Labute approximate surface area is 119 Å². The smallest absolute Gasteiger partial charge is 0.268 e. The van der Waals surface area contributed by atoms with E-state index in [1.807, 2.05) is 13.0 Å². The van der Waals surface area contributed by atoms with Crippen molar-refractivity contribution in [3.05, 3.63) is 22.3 Å². The molecule has 1 saturated heterocycles. The summed E-state index contributed by atoms with van der Waals surface area (Å²) in [4.78, 5) is 18.1. The van der Waals surface area contributed by atoms with Crippen molar-refractivity contribution in [1.29, 1.82) is 0 Å². The zero-order valence-corrected chi connectivity index (χ0v) is 12.1. The lowest BCUT2D eigenvalue weighted by atomic mass is 9.76. The molecule has 6 heteroatoms. The Morgan fingerprint density at radius 2 is 2.47 bits per heavy atom. The van der Waals surface area contributed by atoms with Crippen molar-refractivity contribution < 1.29 is 13.9 Å². The SMILES string of the molecule is CCN1C(=O)C2(F)COCC[C@@H]2c2cc(Br)cnc21.